The monoisotopic (exact) mass is 489 g/mol. The van der Waals surface area contributed by atoms with Gasteiger partial charge in [0.15, 0.2) is 0 Å². The van der Waals surface area contributed by atoms with Crippen LogP contribution in [-0.4, -0.2) is 30.7 Å². The molecule has 37 heavy (non-hydrogen) atoms. The van der Waals surface area contributed by atoms with Gasteiger partial charge in [-0.25, -0.2) is 5.48 Å². The second kappa shape index (κ2) is 9.52. The maximum absolute atomic E-state index is 11.8. The molecule has 7 nitrogen and oxygen atoms in total. The highest BCUT2D eigenvalue weighted by atomic mass is 16.5. The third-order valence-corrected chi connectivity index (χ3v) is 6.97. The number of carbonyl (C=O) groups is 1. The number of amides is 1. The Balaban J connectivity index is 1.33. The van der Waals surface area contributed by atoms with E-state index in [-0.39, 0.29) is 0 Å². The molecule has 1 amide bonds. The number of carbonyl (C=O) groups excluding carboxylic acids is 1. The van der Waals surface area contributed by atoms with Crippen molar-refractivity contribution < 1.29 is 10.0 Å². The van der Waals surface area contributed by atoms with E-state index >= 15 is 0 Å². The van der Waals surface area contributed by atoms with E-state index < -0.39 is 5.91 Å². The molecule has 2 N–H and O–H groups in total. The maximum Gasteiger partial charge on any atom is 0.274 e. The predicted octanol–water partition coefficient (Wildman–Crippen LogP) is 4.81. The zero-order valence-corrected chi connectivity index (χ0v) is 20.6. The SMILES string of the molecule is Cn1cc2c(n1)CCc1c(Cc3ccccc3)nn(Cc3ccc(-c4cccc(C(=O)NO)c4)cc3)c1-2. The number of fused-ring (bicyclic) bond motifs is 3. The van der Waals surface area contributed by atoms with Crippen molar-refractivity contribution >= 4 is 5.91 Å². The lowest BCUT2D eigenvalue weighted by atomic mass is 9.92. The van der Waals surface area contributed by atoms with Crippen LogP contribution in [0.15, 0.2) is 85.1 Å². The first kappa shape index (κ1) is 22.9. The number of nitrogens with zero attached hydrogens (tertiary/aromatic N) is 4. The van der Waals surface area contributed by atoms with E-state index in [1.807, 2.05) is 29.9 Å². The highest BCUT2D eigenvalue weighted by molar-refractivity contribution is 5.94. The number of aromatic nitrogens is 4. The van der Waals surface area contributed by atoms with E-state index in [0.29, 0.717) is 12.1 Å². The average molecular weight is 490 g/mol. The van der Waals surface area contributed by atoms with Crippen LogP contribution >= 0.6 is 0 Å². The van der Waals surface area contributed by atoms with E-state index in [1.54, 1.807) is 17.6 Å². The topological polar surface area (TPSA) is 85.0 Å². The minimum Gasteiger partial charge on any atom is -0.288 e. The lowest BCUT2D eigenvalue weighted by molar-refractivity contribution is 0.0706. The van der Waals surface area contributed by atoms with Crippen LogP contribution < -0.4 is 5.48 Å². The van der Waals surface area contributed by atoms with Gasteiger partial charge in [0.25, 0.3) is 5.91 Å². The van der Waals surface area contributed by atoms with Crippen LogP contribution in [0.4, 0.5) is 0 Å². The molecule has 0 atom stereocenters. The van der Waals surface area contributed by atoms with Gasteiger partial charge in [-0.15, -0.1) is 0 Å². The summed E-state index contributed by atoms with van der Waals surface area (Å²) >= 11 is 0. The quantitative estimate of drug-likeness (QED) is 0.265. The van der Waals surface area contributed by atoms with Crippen LogP contribution in [0, 0.1) is 0 Å². The first-order valence-corrected chi connectivity index (χ1v) is 12.4. The van der Waals surface area contributed by atoms with Gasteiger partial charge in [0, 0.05) is 36.4 Å². The highest BCUT2D eigenvalue weighted by Gasteiger charge is 2.27. The van der Waals surface area contributed by atoms with E-state index in [4.69, 9.17) is 15.4 Å². The van der Waals surface area contributed by atoms with Crippen molar-refractivity contribution in [3.05, 3.63) is 119 Å². The summed E-state index contributed by atoms with van der Waals surface area (Å²) in [5.41, 5.74) is 12.3. The molecule has 0 fully saturated rings. The Morgan fingerprint density at radius 3 is 2.51 bits per heavy atom. The summed E-state index contributed by atoms with van der Waals surface area (Å²) in [5, 5.41) is 18.8. The number of benzene rings is 3. The standard InChI is InChI=1S/C30H27N5O2/c1-34-19-26-27(31-34)15-14-25-28(16-20-6-3-2-4-7-20)32-35(29(25)26)18-21-10-12-22(13-11-21)23-8-5-9-24(17-23)30(36)33-37/h2-13,17,19,37H,14-16,18H2,1H3,(H,33,36). The number of aryl methyl sites for hydroxylation is 2. The third kappa shape index (κ3) is 4.45. The maximum atomic E-state index is 11.8. The first-order valence-electron chi connectivity index (χ1n) is 12.4. The average Bonchev–Trinajstić information content (AvgIpc) is 3.48. The largest absolute Gasteiger partial charge is 0.288 e. The molecule has 0 aliphatic heterocycles. The zero-order chi connectivity index (χ0) is 25.4. The van der Waals surface area contributed by atoms with Gasteiger partial charge in [-0.05, 0) is 47.2 Å². The fourth-order valence-electron chi connectivity index (χ4n) is 5.20. The Morgan fingerprint density at radius 1 is 0.919 bits per heavy atom. The van der Waals surface area contributed by atoms with Crippen LogP contribution in [-0.2, 0) is 32.9 Å². The minimum atomic E-state index is -0.525. The van der Waals surface area contributed by atoms with Crippen molar-refractivity contribution in [1.29, 1.82) is 0 Å². The van der Waals surface area contributed by atoms with E-state index in [1.165, 1.54) is 22.4 Å². The van der Waals surface area contributed by atoms with Crippen LogP contribution in [0.2, 0.25) is 0 Å². The van der Waals surface area contributed by atoms with Gasteiger partial charge >= 0.3 is 0 Å². The van der Waals surface area contributed by atoms with Gasteiger partial charge in [-0.2, -0.15) is 10.2 Å². The normalized spacial score (nSPS) is 12.2. The number of rotatable bonds is 6. The van der Waals surface area contributed by atoms with Crippen LogP contribution in [0.5, 0.6) is 0 Å². The smallest absolute Gasteiger partial charge is 0.274 e. The predicted molar refractivity (Wildman–Crippen MR) is 141 cm³/mol. The van der Waals surface area contributed by atoms with Gasteiger partial charge in [0.05, 0.1) is 23.6 Å². The number of hydrogen-bond donors (Lipinski definition) is 2. The molecule has 2 heterocycles. The molecule has 0 unspecified atom stereocenters. The fourth-order valence-corrected chi connectivity index (χ4v) is 5.20. The van der Waals surface area contributed by atoms with Crippen molar-refractivity contribution in [2.24, 2.45) is 7.05 Å². The van der Waals surface area contributed by atoms with Crippen molar-refractivity contribution in [2.75, 3.05) is 0 Å². The van der Waals surface area contributed by atoms with E-state index in [0.717, 1.165) is 47.3 Å². The van der Waals surface area contributed by atoms with Crippen molar-refractivity contribution in [3.63, 3.8) is 0 Å². The minimum absolute atomic E-state index is 0.408. The molecule has 184 valence electrons. The van der Waals surface area contributed by atoms with E-state index in [2.05, 4.69) is 59.4 Å². The van der Waals surface area contributed by atoms with Crippen LogP contribution in [0.1, 0.15) is 38.4 Å². The molecule has 0 radical (unpaired) electrons. The van der Waals surface area contributed by atoms with Gasteiger partial charge in [0.1, 0.15) is 0 Å². The Morgan fingerprint density at radius 2 is 1.73 bits per heavy atom. The zero-order valence-electron chi connectivity index (χ0n) is 20.6. The molecule has 6 rings (SSSR count). The van der Waals surface area contributed by atoms with Gasteiger partial charge in [-0.3, -0.25) is 19.4 Å². The second-order valence-electron chi connectivity index (χ2n) is 9.48. The summed E-state index contributed by atoms with van der Waals surface area (Å²) in [7, 11) is 1.97. The van der Waals surface area contributed by atoms with Gasteiger partial charge < -0.3 is 0 Å². The van der Waals surface area contributed by atoms with Crippen molar-refractivity contribution in [1.82, 2.24) is 25.0 Å². The Kier molecular flexibility index (Phi) is 5.90. The summed E-state index contributed by atoms with van der Waals surface area (Å²) in [6.45, 7) is 0.651. The molecule has 0 saturated carbocycles. The number of hydrogen-bond acceptors (Lipinski definition) is 4. The second-order valence-corrected chi connectivity index (χ2v) is 9.48. The summed E-state index contributed by atoms with van der Waals surface area (Å²) < 4.78 is 4.03. The molecule has 0 bridgehead atoms. The summed E-state index contributed by atoms with van der Waals surface area (Å²) in [5.74, 6) is -0.525. The molecule has 0 spiro atoms. The summed E-state index contributed by atoms with van der Waals surface area (Å²) in [6, 6.07) is 26.0. The molecule has 1 aliphatic rings. The summed E-state index contributed by atoms with van der Waals surface area (Å²) in [4.78, 5) is 11.8. The fraction of sp³-hybridized carbons (Fsp3) is 0.167. The Bertz CT molecular complexity index is 1580. The number of hydroxylamine groups is 1. The lowest BCUT2D eigenvalue weighted by Crippen LogP contribution is -2.18. The summed E-state index contributed by atoms with van der Waals surface area (Å²) in [6.07, 6.45) is 4.79. The Hall–Kier alpha value is -4.49. The van der Waals surface area contributed by atoms with Crippen molar-refractivity contribution in [2.45, 2.75) is 25.8 Å². The number of nitrogens with one attached hydrogen (secondary N) is 1. The van der Waals surface area contributed by atoms with Gasteiger partial charge in [0.2, 0.25) is 0 Å². The highest BCUT2D eigenvalue weighted by Crippen LogP contribution is 2.36. The lowest BCUT2D eigenvalue weighted by Gasteiger charge is -2.15. The molecule has 0 saturated heterocycles. The molecule has 3 aromatic carbocycles. The van der Waals surface area contributed by atoms with Crippen molar-refractivity contribution in [3.8, 4) is 22.4 Å². The third-order valence-electron chi connectivity index (χ3n) is 6.97. The molecular formula is C30H27N5O2. The molecule has 5 aromatic rings. The molecule has 1 aliphatic carbocycles. The van der Waals surface area contributed by atoms with E-state index in [9.17, 15) is 4.79 Å². The molecule has 7 heteroatoms. The molecule has 2 aromatic heterocycles. The van der Waals surface area contributed by atoms with Gasteiger partial charge in [-0.1, -0.05) is 66.7 Å². The first-order chi connectivity index (χ1) is 18.1. The molecular weight excluding hydrogens is 462 g/mol. The van der Waals surface area contributed by atoms with Crippen LogP contribution in [0.3, 0.4) is 0 Å². The van der Waals surface area contributed by atoms with Crippen LogP contribution in [0.25, 0.3) is 22.4 Å². The Labute approximate surface area is 215 Å².